The molecule has 1 fully saturated rings. The third kappa shape index (κ3) is 3.70. The van der Waals surface area contributed by atoms with Gasteiger partial charge in [-0.3, -0.25) is 9.59 Å². The van der Waals surface area contributed by atoms with E-state index in [4.69, 9.17) is 0 Å². The Morgan fingerprint density at radius 2 is 1.93 bits per heavy atom. The molecule has 1 aliphatic heterocycles. The van der Waals surface area contributed by atoms with Crippen LogP contribution in [0.15, 0.2) is 35.7 Å². The molecule has 148 valence electrons. The second kappa shape index (κ2) is 7.66. The molecule has 2 amide bonds. The zero-order valence-corrected chi connectivity index (χ0v) is 17.0. The predicted octanol–water partition coefficient (Wildman–Crippen LogP) is 4.01. The maximum absolute atomic E-state index is 13.5. The number of rotatable bonds is 5. The Morgan fingerprint density at radius 1 is 1.21 bits per heavy atom. The fourth-order valence-electron chi connectivity index (χ4n) is 3.91. The number of carbonyl (C=O) groups excluding carboxylic acids is 2. The molecule has 4 rings (SSSR count). The summed E-state index contributed by atoms with van der Waals surface area (Å²) in [6.07, 6.45) is 2.67. The van der Waals surface area contributed by atoms with Crippen LogP contribution >= 0.6 is 11.3 Å². The van der Waals surface area contributed by atoms with Crippen LogP contribution in [0.4, 0.5) is 4.39 Å². The van der Waals surface area contributed by atoms with Crippen molar-refractivity contribution in [2.45, 2.75) is 45.2 Å². The van der Waals surface area contributed by atoms with Crippen molar-refractivity contribution in [3.8, 4) is 0 Å². The maximum Gasteiger partial charge on any atom is 0.243 e. The first kappa shape index (κ1) is 19.1. The number of thiophene rings is 1. The lowest BCUT2D eigenvalue weighted by atomic mass is 9.93. The molecule has 1 aromatic carbocycles. The second-order valence-corrected chi connectivity index (χ2v) is 8.93. The van der Waals surface area contributed by atoms with Crippen molar-refractivity contribution < 1.29 is 14.0 Å². The van der Waals surface area contributed by atoms with Crippen LogP contribution in [-0.2, 0) is 16.0 Å². The number of carbonyl (C=O) groups is 2. The average Bonchev–Trinajstić information content (AvgIpc) is 3.42. The van der Waals surface area contributed by atoms with Crippen LogP contribution in [0.2, 0.25) is 0 Å². The largest absolute Gasteiger partial charge is 0.331 e. The molecular weight excluding hydrogens is 375 g/mol. The number of hydrogen-bond donors (Lipinski definition) is 0. The summed E-state index contributed by atoms with van der Waals surface area (Å²) in [5, 5.41) is 2.05. The highest BCUT2D eigenvalue weighted by molar-refractivity contribution is 7.10. The van der Waals surface area contributed by atoms with Gasteiger partial charge in [-0.2, -0.15) is 0 Å². The Morgan fingerprint density at radius 3 is 2.57 bits per heavy atom. The molecule has 2 aromatic rings. The topological polar surface area (TPSA) is 40.6 Å². The molecule has 0 spiro atoms. The quantitative estimate of drug-likeness (QED) is 0.761. The lowest BCUT2D eigenvalue weighted by molar-refractivity contribution is -0.143. The number of nitrogens with zero attached hydrogens (tertiary/aromatic N) is 2. The smallest absolute Gasteiger partial charge is 0.243 e. The summed E-state index contributed by atoms with van der Waals surface area (Å²) >= 11 is 1.70. The molecular formula is C22H25FN2O2S. The van der Waals surface area contributed by atoms with Gasteiger partial charge in [-0.05, 0) is 67.8 Å². The number of hydrogen-bond acceptors (Lipinski definition) is 3. The Kier molecular flexibility index (Phi) is 5.23. The lowest BCUT2D eigenvalue weighted by Crippen LogP contribution is -2.49. The molecule has 0 N–H and O–H groups in total. The van der Waals surface area contributed by atoms with Gasteiger partial charge in [-0.25, -0.2) is 4.39 Å². The molecule has 1 unspecified atom stereocenters. The number of fused-ring (bicyclic) bond motifs is 1. The molecule has 0 bridgehead atoms. The third-order valence-corrected chi connectivity index (χ3v) is 6.61. The van der Waals surface area contributed by atoms with Crippen molar-refractivity contribution in [1.29, 1.82) is 0 Å². The van der Waals surface area contributed by atoms with Gasteiger partial charge in [-0.1, -0.05) is 12.1 Å². The highest BCUT2D eigenvalue weighted by Crippen LogP contribution is 2.38. The van der Waals surface area contributed by atoms with Gasteiger partial charge in [0.25, 0.3) is 0 Å². The van der Waals surface area contributed by atoms with Crippen LogP contribution in [0.3, 0.4) is 0 Å². The summed E-state index contributed by atoms with van der Waals surface area (Å²) < 4.78 is 13.5. The Labute approximate surface area is 169 Å². The molecule has 0 radical (unpaired) electrons. The van der Waals surface area contributed by atoms with E-state index < -0.39 is 0 Å². The summed E-state index contributed by atoms with van der Waals surface area (Å²) in [6, 6.07) is 8.20. The van der Waals surface area contributed by atoms with E-state index in [1.165, 1.54) is 17.0 Å². The van der Waals surface area contributed by atoms with Crippen LogP contribution in [-0.4, -0.2) is 40.7 Å². The minimum Gasteiger partial charge on any atom is -0.331 e. The second-order valence-electron chi connectivity index (χ2n) is 7.92. The fraction of sp³-hybridized carbons (Fsp3) is 0.455. The van der Waals surface area contributed by atoms with Crippen molar-refractivity contribution >= 4 is 23.2 Å². The zero-order valence-electron chi connectivity index (χ0n) is 16.2. The molecule has 1 saturated carbocycles. The zero-order chi connectivity index (χ0) is 19.8. The minimum atomic E-state index is -0.288. The first-order valence-electron chi connectivity index (χ1n) is 9.87. The first-order valence-corrected chi connectivity index (χ1v) is 10.8. The van der Waals surface area contributed by atoms with E-state index in [0.717, 1.165) is 30.4 Å². The molecule has 1 aliphatic carbocycles. The summed E-state index contributed by atoms with van der Waals surface area (Å²) in [5.41, 5.74) is 2.01. The summed E-state index contributed by atoms with van der Waals surface area (Å²) in [7, 11) is 0. The maximum atomic E-state index is 13.5. The number of benzene rings is 1. The Balaban J connectivity index is 1.61. The lowest BCUT2D eigenvalue weighted by Gasteiger charge is -2.38. The molecule has 28 heavy (non-hydrogen) atoms. The van der Waals surface area contributed by atoms with E-state index in [2.05, 4.69) is 6.07 Å². The number of amides is 2. The molecule has 0 saturated heterocycles. The summed E-state index contributed by atoms with van der Waals surface area (Å²) in [6.45, 7) is 4.62. The van der Waals surface area contributed by atoms with Gasteiger partial charge in [0.15, 0.2) is 0 Å². The summed E-state index contributed by atoms with van der Waals surface area (Å²) in [4.78, 5) is 30.8. The molecule has 2 heterocycles. The van der Waals surface area contributed by atoms with E-state index in [1.54, 1.807) is 28.4 Å². The molecule has 2 aliphatic rings. The van der Waals surface area contributed by atoms with Gasteiger partial charge in [-0.15, -0.1) is 11.3 Å². The molecule has 4 nitrogen and oxygen atoms in total. The van der Waals surface area contributed by atoms with Crippen molar-refractivity contribution in [2.75, 3.05) is 13.1 Å². The van der Waals surface area contributed by atoms with E-state index in [0.29, 0.717) is 6.54 Å². The van der Waals surface area contributed by atoms with E-state index in [9.17, 15) is 14.0 Å². The van der Waals surface area contributed by atoms with Gasteiger partial charge in [0.2, 0.25) is 11.8 Å². The first-order chi connectivity index (χ1) is 13.5. The van der Waals surface area contributed by atoms with Crippen molar-refractivity contribution in [1.82, 2.24) is 9.80 Å². The third-order valence-electron chi connectivity index (χ3n) is 5.61. The molecule has 1 atom stereocenters. The van der Waals surface area contributed by atoms with Gasteiger partial charge >= 0.3 is 0 Å². The SMILES string of the molecule is CC(C)N(CC(=O)N1CCc2sccc2C1c1ccc(F)cc1)C(=O)C1CC1. The van der Waals surface area contributed by atoms with Crippen LogP contribution < -0.4 is 0 Å². The van der Waals surface area contributed by atoms with Crippen LogP contribution in [0.5, 0.6) is 0 Å². The fourth-order valence-corrected chi connectivity index (χ4v) is 4.81. The minimum absolute atomic E-state index is 0.0113. The van der Waals surface area contributed by atoms with Gasteiger partial charge in [0.1, 0.15) is 12.4 Å². The summed E-state index contributed by atoms with van der Waals surface area (Å²) in [5.74, 6) is -0.152. The van der Waals surface area contributed by atoms with Crippen LogP contribution in [0.1, 0.15) is 48.7 Å². The number of halogens is 1. The molecule has 1 aromatic heterocycles. The van der Waals surface area contributed by atoms with Crippen LogP contribution in [0.25, 0.3) is 0 Å². The normalized spacial score (nSPS) is 18.9. The van der Waals surface area contributed by atoms with Crippen molar-refractivity contribution in [3.05, 3.63) is 57.5 Å². The predicted molar refractivity (Wildman–Crippen MR) is 108 cm³/mol. The average molecular weight is 401 g/mol. The monoisotopic (exact) mass is 400 g/mol. The van der Waals surface area contributed by atoms with Gasteiger partial charge in [0, 0.05) is 23.4 Å². The van der Waals surface area contributed by atoms with Gasteiger partial charge in [0.05, 0.1) is 6.04 Å². The Hall–Kier alpha value is -2.21. The van der Waals surface area contributed by atoms with E-state index >= 15 is 0 Å². The van der Waals surface area contributed by atoms with E-state index in [-0.39, 0.29) is 42.2 Å². The van der Waals surface area contributed by atoms with Crippen LogP contribution in [0, 0.1) is 11.7 Å². The molecule has 6 heteroatoms. The standard InChI is InChI=1S/C22H25FN2O2S/c1-14(2)25(22(27)16-3-4-16)13-20(26)24-11-9-19-18(10-12-28-19)21(24)15-5-7-17(23)8-6-15/h5-8,10,12,14,16,21H,3-4,9,11,13H2,1-2H3. The van der Waals surface area contributed by atoms with Gasteiger partial charge < -0.3 is 9.80 Å². The Bertz CT molecular complexity index is 873. The highest BCUT2D eigenvalue weighted by Gasteiger charge is 2.38. The highest BCUT2D eigenvalue weighted by atomic mass is 32.1. The van der Waals surface area contributed by atoms with Crippen molar-refractivity contribution in [2.24, 2.45) is 5.92 Å². The van der Waals surface area contributed by atoms with Crippen molar-refractivity contribution in [3.63, 3.8) is 0 Å². The van der Waals surface area contributed by atoms with E-state index in [1.807, 2.05) is 24.1 Å².